The van der Waals surface area contributed by atoms with Crippen molar-refractivity contribution in [3.63, 3.8) is 0 Å². The van der Waals surface area contributed by atoms with E-state index in [1.807, 2.05) is 44.2 Å². The van der Waals surface area contributed by atoms with E-state index in [-0.39, 0.29) is 41.6 Å². The van der Waals surface area contributed by atoms with Gasteiger partial charge >= 0.3 is 0 Å². The van der Waals surface area contributed by atoms with Crippen LogP contribution in [0.2, 0.25) is 0 Å². The number of aliphatic imine (C=N–C) groups is 1. The molecule has 2 atom stereocenters. The van der Waals surface area contributed by atoms with Crippen molar-refractivity contribution in [3.05, 3.63) is 66.0 Å². The second-order valence-corrected chi connectivity index (χ2v) is 6.22. The van der Waals surface area contributed by atoms with Gasteiger partial charge in [-0.3, -0.25) is 0 Å². The first-order chi connectivity index (χ1) is 13.1. The minimum atomic E-state index is -0.523. The van der Waals surface area contributed by atoms with Gasteiger partial charge in [-0.25, -0.2) is 9.38 Å². The van der Waals surface area contributed by atoms with E-state index < -0.39 is 6.10 Å². The number of benzene rings is 2. The summed E-state index contributed by atoms with van der Waals surface area (Å²) < 4.78 is 19.2. The van der Waals surface area contributed by atoms with Crippen LogP contribution in [0, 0.1) is 5.82 Å². The third kappa shape index (κ3) is 8.43. The average Bonchev–Trinajstić information content (AvgIpc) is 2.68. The number of guanidine groups is 1. The predicted molar refractivity (Wildman–Crippen MR) is 122 cm³/mol. The van der Waals surface area contributed by atoms with Crippen LogP contribution in [0.4, 0.5) is 4.39 Å². The minimum absolute atomic E-state index is 0. The lowest BCUT2D eigenvalue weighted by Crippen LogP contribution is -2.39. The molecule has 0 aliphatic carbocycles. The Balaban J connectivity index is 0.00000392. The van der Waals surface area contributed by atoms with Crippen LogP contribution < -0.4 is 15.4 Å². The average molecular weight is 501 g/mol. The molecule has 7 heteroatoms. The third-order valence-electron chi connectivity index (χ3n) is 3.91. The van der Waals surface area contributed by atoms with E-state index in [9.17, 15) is 9.50 Å². The Morgan fingerprint density at radius 1 is 1.11 bits per heavy atom. The summed E-state index contributed by atoms with van der Waals surface area (Å²) in [6.07, 6.45) is -0.229. The lowest BCUT2D eigenvalue weighted by molar-refractivity contribution is 0.168. The molecule has 0 spiro atoms. The van der Waals surface area contributed by atoms with Crippen LogP contribution in [0.3, 0.4) is 0 Å². The van der Waals surface area contributed by atoms with Crippen molar-refractivity contribution in [3.8, 4) is 5.75 Å². The molecule has 2 rings (SSSR count). The maximum absolute atomic E-state index is 13.6. The van der Waals surface area contributed by atoms with E-state index in [2.05, 4.69) is 15.6 Å². The van der Waals surface area contributed by atoms with Crippen molar-refractivity contribution in [1.82, 2.24) is 10.6 Å². The third-order valence-corrected chi connectivity index (χ3v) is 3.91. The van der Waals surface area contributed by atoms with Crippen molar-refractivity contribution in [1.29, 1.82) is 0 Å². The van der Waals surface area contributed by atoms with Crippen LogP contribution in [0.1, 0.15) is 31.9 Å². The van der Waals surface area contributed by atoms with E-state index in [1.165, 1.54) is 6.07 Å². The quantitative estimate of drug-likeness (QED) is 0.277. The van der Waals surface area contributed by atoms with Gasteiger partial charge in [0.2, 0.25) is 0 Å². The van der Waals surface area contributed by atoms with Gasteiger partial charge in [-0.1, -0.05) is 42.5 Å². The highest BCUT2D eigenvalue weighted by Gasteiger charge is 2.09. The maximum Gasteiger partial charge on any atom is 0.191 e. The number of ether oxygens (including phenoxy) is 1. The monoisotopic (exact) mass is 501 g/mol. The molecule has 2 unspecified atom stereocenters. The van der Waals surface area contributed by atoms with Gasteiger partial charge in [0.15, 0.2) is 17.5 Å². The normalized spacial score (nSPS) is 13.2. The van der Waals surface area contributed by atoms with Crippen LogP contribution in [-0.4, -0.2) is 36.8 Å². The summed E-state index contributed by atoms with van der Waals surface area (Å²) in [4.78, 5) is 4.47. The fourth-order valence-corrected chi connectivity index (χ4v) is 2.53. The Morgan fingerprint density at radius 2 is 1.79 bits per heavy atom. The number of halogens is 2. The number of aliphatic hydroxyl groups excluding tert-OH is 1. The van der Waals surface area contributed by atoms with Crippen molar-refractivity contribution in [2.75, 3.05) is 19.6 Å². The lowest BCUT2D eigenvalue weighted by Gasteiger charge is -2.16. The molecule has 0 radical (unpaired) electrons. The highest BCUT2D eigenvalue weighted by Crippen LogP contribution is 2.17. The number of aliphatic hydroxyl groups is 1. The molecule has 0 saturated heterocycles. The summed E-state index contributed by atoms with van der Waals surface area (Å²) in [5, 5.41) is 16.6. The van der Waals surface area contributed by atoms with Crippen LogP contribution in [-0.2, 0) is 0 Å². The van der Waals surface area contributed by atoms with E-state index in [4.69, 9.17) is 4.74 Å². The highest BCUT2D eigenvalue weighted by molar-refractivity contribution is 14.0. The first kappa shape index (κ1) is 24.2. The van der Waals surface area contributed by atoms with Crippen LogP contribution in [0.5, 0.6) is 5.75 Å². The van der Waals surface area contributed by atoms with Gasteiger partial charge in [-0.15, -0.1) is 24.0 Å². The molecular formula is C21H29FIN3O2. The molecule has 154 valence electrons. The lowest BCUT2D eigenvalue weighted by atomic mass is 10.1. The largest absolute Gasteiger partial charge is 0.486 e. The highest BCUT2D eigenvalue weighted by atomic mass is 127. The Bertz CT molecular complexity index is 716. The van der Waals surface area contributed by atoms with Gasteiger partial charge < -0.3 is 20.5 Å². The van der Waals surface area contributed by atoms with Gasteiger partial charge in [0, 0.05) is 13.1 Å². The number of rotatable bonds is 9. The number of hydrogen-bond donors (Lipinski definition) is 3. The topological polar surface area (TPSA) is 65.9 Å². The van der Waals surface area contributed by atoms with Crippen molar-refractivity contribution in [2.24, 2.45) is 4.99 Å². The summed E-state index contributed by atoms with van der Waals surface area (Å²) in [5.74, 6) is 0.485. The SMILES string of the molecule is CCNC(=NCC(C)Oc1ccccc1F)NCCC(O)c1ccccc1.I. The summed E-state index contributed by atoms with van der Waals surface area (Å²) in [5.41, 5.74) is 0.896. The van der Waals surface area contributed by atoms with E-state index in [0.717, 1.165) is 12.1 Å². The molecule has 0 heterocycles. The molecular weight excluding hydrogens is 472 g/mol. The first-order valence-electron chi connectivity index (χ1n) is 9.26. The number of nitrogens with one attached hydrogen (secondary N) is 2. The van der Waals surface area contributed by atoms with Crippen LogP contribution >= 0.6 is 24.0 Å². The molecule has 0 aromatic heterocycles. The molecule has 0 fully saturated rings. The van der Waals surface area contributed by atoms with E-state index in [0.29, 0.717) is 25.5 Å². The van der Waals surface area contributed by atoms with Gasteiger partial charge in [-0.2, -0.15) is 0 Å². The van der Waals surface area contributed by atoms with Crippen molar-refractivity contribution >= 4 is 29.9 Å². The Morgan fingerprint density at radius 3 is 2.46 bits per heavy atom. The molecule has 0 amide bonds. The second-order valence-electron chi connectivity index (χ2n) is 6.22. The summed E-state index contributed by atoms with van der Waals surface area (Å²) >= 11 is 0. The molecule has 2 aromatic rings. The van der Waals surface area contributed by atoms with Crippen LogP contribution in [0.15, 0.2) is 59.6 Å². The fourth-order valence-electron chi connectivity index (χ4n) is 2.53. The Hall–Kier alpha value is -1.87. The smallest absolute Gasteiger partial charge is 0.191 e. The molecule has 0 saturated carbocycles. The standard InChI is InChI=1S/C21H28FN3O2.HI/c1-3-23-21(24-14-13-19(26)17-9-5-4-6-10-17)25-15-16(2)27-20-12-8-7-11-18(20)22;/h4-12,16,19,26H,3,13-15H2,1-2H3,(H2,23,24,25);1H. The zero-order chi connectivity index (χ0) is 19.5. The fraction of sp³-hybridized carbons (Fsp3) is 0.381. The summed E-state index contributed by atoms with van der Waals surface area (Å²) in [6, 6.07) is 15.9. The van der Waals surface area contributed by atoms with Gasteiger partial charge in [0.25, 0.3) is 0 Å². The van der Waals surface area contributed by atoms with Crippen LogP contribution in [0.25, 0.3) is 0 Å². The molecule has 0 aliphatic rings. The predicted octanol–water partition coefficient (Wildman–Crippen LogP) is 3.89. The molecule has 0 bridgehead atoms. The molecule has 2 aromatic carbocycles. The van der Waals surface area contributed by atoms with Gasteiger partial charge in [0.1, 0.15) is 6.10 Å². The second kappa shape index (κ2) is 13.3. The Kier molecular flexibility index (Phi) is 11.5. The van der Waals surface area contributed by atoms with Gasteiger partial charge in [-0.05, 0) is 38.0 Å². The molecule has 0 aliphatic heterocycles. The molecule has 3 N–H and O–H groups in total. The number of hydrogen-bond acceptors (Lipinski definition) is 3. The van der Waals surface area contributed by atoms with Gasteiger partial charge in [0.05, 0.1) is 12.6 Å². The number of nitrogens with zero attached hydrogens (tertiary/aromatic N) is 1. The molecule has 28 heavy (non-hydrogen) atoms. The zero-order valence-electron chi connectivity index (χ0n) is 16.3. The minimum Gasteiger partial charge on any atom is -0.486 e. The summed E-state index contributed by atoms with van der Waals surface area (Å²) in [6.45, 7) is 5.50. The van der Waals surface area contributed by atoms with Crippen molar-refractivity contribution in [2.45, 2.75) is 32.5 Å². The molecule has 5 nitrogen and oxygen atoms in total. The zero-order valence-corrected chi connectivity index (χ0v) is 18.6. The summed E-state index contributed by atoms with van der Waals surface area (Å²) in [7, 11) is 0. The van der Waals surface area contributed by atoms with Crippen molar-refractivity contribution < 1.29 is 14.2 Å². The first-order valence-corrected chi connectivity index (χ1v) is 9.26. The van der Waals surface area contributed by atoms with E-state index >= 15 is 0 Å². The number of para-hydroxylation sites is 1. The van der Waals surface area contributed by atoms with E-state index in [1.54, 1.807) is 18.2 Å². The Labute approximate surface area is 183 Å². The maximum atomic E-state index is 13.6.